The van der Waals surface area contributed by atoms with Crippen molar-refractivity contribution in [1.82, 2.24) is 0 Å². The van der Waals surface area contributed by atoms with Crippen molar-refractivity contribution in [1.29, 1.82) is 0 Å². The minimum absolute atomic E-state index is 0.196. The number of nitrogens with zero attached hydrogens (tertiary/aromatic N) is 3. The fourth-order valence-electron chi connectivity index (χ4n) is 5.63. The Balaban J connectivity index is 1.68. The molecule has 2 heterocycles. The first-order valence-electron chi connectivity index (χ1n) is 14.3. The summed E-state index contributed by atoms with van der Waals surface area (Å²) in [5.74, 6) is 0. The van der Waals surface area contributed by atoms with Crippen LogP contribution in [0.3, 0.4) is 0 Å². The summed E-state index contributed by atoms with van der Waals surface area (Å²) in [6.45, 7) is 7.60. The molecule has 2 saturated heterocycles. The van der Waals surface area contributed by atoms with E-state index in [4.69, 9.17) is 13.6 Å². The fourth-order valence-corrected chi connectivity index (χ4v) is 11.8. The standard InChI is InChI=1S/C33H36N3O4PS/c1-27-12-15-31(16-13-27)42(37,38)34-41(29-8-4-2-5-9-29,30-10-6-3-7-11-30)33-17-14-28(35-18-22-39-23-19-35)26-32(33)36-20-24-40-25-21-36/h2-17,26H,18-25H2,1H3. The lowest BCUT2D eigenvalue weighted by Crippen LogP contribution is -2.41. The number of hydrogen-bond donors (Lipinski definition) is 0. The molecule has 0 unspecified atom stereocenters. The quantitative estimate of drug-likeness (QED) is 0.290. The highest BCUT2D eigenvalue weighted by Gasteiger charge is 2.35. The van der Waals surface area contributed by atoms with Crippen molar-refractivity contribution in [2.24, 2.45) is 4.15 Å². The number of aryl methyl sites for hydroxylation is 1. The maximum Gasteiger partial charge on any atom is 0.281 e. The number of benzene rings is 4. The topological polar surface area (TPSA) is 71.4 Å². The molecule has 0 spiro atoms. The van der Waals surface area contributed by atoms with E-state index in [9.17, 15) is 8.42 Å². The molecule has 9 heteroatoms. The Morgan fingerprint density at radius 1 is 0.667 bits per heavy atom. The van der Waals surface area contributed by atoms with E-state index in [1.54, 1.807) is 12.1 Å². The van der Waals surface area contributed by atoms with Crippen molar-refractivity contribution in [2.45, 2.75) is 11.8 Å². The van der Waals surface area contributed by atoms with Gasteiger partial charge in [-0.15, -0.1) is 0 Å². The van der Waals surface area contributed by atoms with E-state index >= 15 is 0 Å². The lowest BCUT2D eigenvalue weighted by molar-refractivity contribution is 0.122. The number of morpholine rings is 2. The van der Waals surface area contributed by atoms with E-state index in [0.29, 0.717) is 39.5 Å². The van der Waals surface area contributed by atoms with Crippen molar-refractivity contribution >= 4 is 44.4 Å². The Bertz CT molecular complexity index is 1620. The van der Waals surface area contributed by atoms with Crippen LogP contribution >= 0.6 is 7.05 Å². The highest BCUT2D eigenvalue weighted by atomic mass is 32.2. The van der Waals surface area contributed by atoms with Crippen LogP contribution in [0.4, 0.5) is 11.4 Å². The summed E-state index contributed by atoms with van der Waals surface area (Å²) in [5, 5.41) is 2.70. The number of sulfonamides is 1. The molecule has 6 rings (SSSR count). The summed E-state index contributed by atoms with van der Waals surface area (Å²) in [7, 11) is -7.16. The summed E-state index contributed by atoms with van der Waals surface area (Å²) in [4.78, 5) is 4.86. The van der Waals surface area contributed by atoms with Crippen LogP contribution in [0.15, 0.2) is 112 Å². The molecule has 4 aromatic carbocycles. The molecular weight excluding hydrogens is 565 g/mol. The Kier molecular flexibility index (Phi) is 8.50. The lowest BCUT2D eigenvalue weighted by atomic mass is 10.2. The monoisotopic (exact) mass is 601 g/mol. The second kappa shape index (κ2) is 12.4. The van der Waals surface area contributed by atoms with Gasteiger partial charge in [0.25, 0.3) is 10.0 Å². The number of rotatable bonds is 7. The van der Waals surface area contributed by atoms with Crippen LogP contribution in [0.2, 0.25) is 0 Å². The number of hydrogen-bond acceptors (Lipinski definition) is 6. The molecule has 2 fully saturated rings. The number of ether oxygens (including phenoxy) is 2. The van der Waals surface area contributed by atoms with Crippen molar-refractivity contribution in [3.8, 4) is 0 Å². The third-order valence-corrected chi connectivity index (χ3v) is 13.7. The third kappa shape index (κ3) is 5.77. The van der Waals surface area contributed by atoms with Gasteiger partial charge < -0.3 is 19.3 Å². The molecule has 4 aromatic rings. The normalized spacial score (nSPS) is 16.3. The van der Waals surface area contributed by atoms with E-state index in [2.05, 4.69) is 28.0 Å². The molecule has 42 heavy (non-hydrogen) atoms. The second-order valence-electron chi connectivity index (χ2n) is 10.5. The van der Waals surface area contributed by atoms with Crippen molar-refractivity contribution < 1.29 is 17.9 Å². The van der Waals surface area contributed by atoms with E-state index < -0.39 is 17.1 Å². The fraction of sp³-hybridized carbons (Fsp3) is 0.273. The van der Waals surface area contributed by atoms with Gasteiger partial charge in [0.2, 0.25) is 0 Å². The average molecular weight is 602 g/mol. The SMILES string of the molecule is Cc1ccc(S(=O)(=O)N=P(c2ccccc2)(c2ccccc2)c2ccc(N3CCOCC3)cc2N2CCOCC2)cc1. The molecule has 0 aliphatic carbocycles. The van der Waals surface area contributed by atoms with Gasteiger partial charge in [-0.05, 0) is 37.3 Å². The number of anilines is 2. The largest absolute Gasteiger partial charge is 0.378 e. The maximum absolute atomic E-state index is 14.3. The van der Waals surface area contributed by atoms with Crippen LogP contribution in [0.5, 0.6) is 0 Å². The molecule has 2 aliphatic heterocycles. The second-order valence-corrected chi connectivity index (χ2v) is 15.4. The van der Waals surface area contributed by atoms with E-state index in [1.165, 1.54) is 0 Å². The lowest BCUT2D eigenvalue weighted by Gasteiger charge is -2.36. The molecule has 0 atom stereocenters. The first kappa shape index (κ1) is 28.7. The third-order valence-electron chi connectivity index (χ3n) is 7.84. The molecule has 218 valence electrons. The predicted molar refractivity (Wildman–Crippen MR) is 172 cm³/mol. The minimum Gasteiger partial charge on any atom is -0.378 e. The highest BCUT2D eigenvalue weighted by molar-refractivity contribution is 7.99. The molecule has 0 radical (unpaired) electrons. The molecule has 7 nitrogen and oxygen atoms in total. The summed E-state index contributed by atoms with van der Waals surface area (Å²) in [6.07, 6.45) is 0. The zero-order valence-corrected chi connectivity index (χ0v) is 25.5. The van der Waals surface area contributed by atoms with Crippen LogP contribution in [-0.2, 0) is 19.5 Å². The molecule has 0 saturated carbocycles. The van der Waals surface area contributed by atoms with Gasteiger partial charge in [0.1, 0.15) is 0 Å². The Morgan fingerprint density at radius 3 is 1.74 bits per heavy atom. The summed E-state index contributed by atoms with van der Waals surface area (Å²) in [5.41, 5.74) is 3.10. The van der Waals surface area contributed by atoms with E-state index in [-0.39, 0.29) is 4.90 Å². The molecule has 2 aliphatic rings. The Morgan fingerprint density at radius 2 is 1.19 bits per heavy atom. The van der Waals surface area contributed by atoms with Gasteiger partial charge in [0, 0.05) is 53.5 Å². The zero-order chi connectivity index (χ0) is 29.0. The van der Waals surface area contributed by atoms with Gasteiger partial charge in [-0.3, -0.25) is 0 Å². The molecular formula is C33H36N3O4PS. The van der Waals surface area contributed by atoms with Crippen LogP contribution in [0, 0.1) is 6.92 Å². The van der Waals surface area contributed by atoms with Crippen molar-refractivity contribution in [2.75, 3.05) is 62.4 Å². The van der Waals surface area contributed by atoms with E-state index in [0.717, 1.165) is 45.9 Å². The van der Waals surface area contributed by atoms with Gasteiger partial charge in [0.05, 0.1) is 38.4 Å². The van der Waals surface area contributed by atoms with Crippen LogP contribution in [0.25, 0.3) is 0 Å². The van der Waals surface area contributed by atoms with Gasteiger partial charge in [-0.1, -0.05) is 78.4 Å². The van der Waals surface area contributed by atoms with Gasteiger partial charge >= 0.3 is 0 Å². The Labute approximate surface area is 248 Å². The average Bonchev–Trinajstić information content (AvgIpc) is 3.05. The Hall–Kier alpha value is -3.42. The molecule has 0 N–H and O–H groups in total. The summed E-state index contributed by atoms with van der Waals surface area (Å²) < 4.78 is 45.0. The van der Waals surface area contributed by atoms with Gasteiger partial charge in [0.15, 0.2) is 0 Å². The smallest absolute Gasteiger partial charge is 0.281 e. The van der Waals surface area contributed by atoms with Gasteiger partial charge in [-0.2, -0.15) is 12.6 Å². The zero-order valence-electron chi connectivity index (χ0n) is 23.8. The molecule has 0 aromatic heterocycles. The van der Waals surface area contributed by atoms with Crippen molar-refractivity contribution in [3.05, 3.63) is 109 Å². The first-order chi connectivity index (χ1) is 20.5. The van der Waals surface area contributed by atoms with Gasteiger partial charge in [-0.25, -0.2) is 0 Å². The molecule has 0 bridgehead atoms. The van der Waals surface area contributed by atoms with Crippen molar-refractivity contribution in [3.63, 3.8) is 0 Å². The van der Waals surface area contributed by atoms with Crippen LogP contribution in [0.1, 0.15) is 5.56 Å². The molecule has 0 amide bonds. The van der Waals surface area contributed by atoms with Crippen LogP contribution < -0.4 is 25.7 Å². The predicted octanol–water partition coefficient (Wildman–Crippen LogP) is 4.53. The van der Waals surface area contributed by atoms with Crippen LogP contribution in [-0.4, -0.2) is 61.0 Å². The minimum atomic E-state index is -4.05. The summed E-state index contributed by atoms with van der Waals surface area (Å²) >= 11 is 0. The van der Waals surface area contributed by atoms with E-state index in [1.807, 2.05) is 79.7 Å². The maximum atomic E-state index is 14.3. The summed E-state index contributed by atoms with van der Waals surface area (Å²) in [6, 6.07) is 33.3. The highest BCUT2D eigenvalue weighted by Crippen LogP contribution is 2.51. The first-order valence-corrected chi connectivity index (χ1v) is 17.5.